The summed E-state index contributed by atoms with van der Waals surface area (Å²) in [4.78, 5) is 31.0. The van der Waals surface area contributed by atoms with E-state index in [9.17, 15) is 9.59 Å². The lowest BCUT2D eigenvalue weighted by Crippen LogP contribution is -2.43. The van der Waals surface area contributed by atoms with Crippen molar-refractivity contribution in [3.05, 3.63) is 30.1 Å². The third-order valence-electron chi connectivity index (χ3n) is 4.42. The molecule has 0 saturated carbocycles. The van der Waals surface area contributed by atoms with Gasteiger partial charge in [0, 0.05) is 31.5 Å². The number of para-hydroxylation sites is 2. The van der Waals surface area contributed by atoms with Crippen LogP contribution < -0.4 is 5.32 Å². The Morgan fingerprint density at radius 2 is 1.81 bits per heavy atom. The summed E-state index contributed by atoms with van der Waals surface area (Å²) >= 11 is 0. The molecule has 1 aromatic heterocycles. The highest BCUT2D eigenvalue weighted by atomic mass is 16.2. The van der Waals surface area contributed by atoms with Gasteiger partial charge in [-0.1, -0.05) is 19.1 Å². The molecule has 0 atom stereocenters. The Morgan fingerprint density at radius 3 is 2.42 bits per heavy atom. The number of fused-ring (bicyclic) bond motifs is 1. The molecule has 0 unspecified atom stereocenters. The number of nitrogens with zero attached hydrogens (tertiary/aromatic N) is 3. The number of hydrogen-bond donors (Lipinski definition) is 1. The van der Waals surface area contributed by atoms with Crippen molar-refractivity contribution >= 4 is 22.8 Å². The molecule has 6 heteroatoms. The zero-order valence-electron chi connectivity index (χ0n) is 16.5. The van der Waals surface area contributed by atoms with Gasteiger partial charge in [0.05, 0.1) is 11.0 Å². The minimum absolute atomic E-state index is 0.0227. The first-order valence-corrected chi connectivity index (χ1v) is 9.37. The van der Waals surface area contributed by atoms with Gasteiger partial charge in [-0.25, -0.2) is 4.98 Å². The van der Waals surface area contributed by atoms with E-state index in [1.165, 1.54) is 0 Å². The van der Waals surface area contributed by atoms with Crippen LogP contribution >= 0.6 is 0 Å². The Hall–Kier alpha value is -2.37. The zero-order chi connectivity index (χ0) is 19.3. The summed E-state index contributed by atoms with van der Waals surface area (Å²) in [5.74, 6) is 0.926. The molecular formula is C20H30N4O2. The number of imidazole rings is 1. The van der Waals surface area contributed by atoms with Gasteiger partial charge in [-0.05, 0) is 39.8 Å². The Labute approximate surface area is 155 Å². The van der Waals surface area contributed by atoms with Crippen LogP contribution in [0.1, 0.15) is 46.9 Å². The minimum Gasteiger partial charge on any atom is -0.356 e. The summed E-state index contributed by atoms with van der Waals surface area (Å²) in [6.45, 7) is 10.7. The van der Waals surface area contributed by atoms with E-state index < -0.39 is 0 Å². The molecule has 0 fully saturated rings. The molecule has 2 aromatic rings. The number of aromatic nitrogens is 2. The van der Waals surface area contributed by atoms with Crippen molar-refractivity contribution in [1.29, 1.82) is 0 Å². The fourth-order valence-electron chi connectivity index (χ4n) is 3.32. The maximum atomic E-state index is 12.9. The standard InChI is InChI=1S/C20H30N4O2/c1-6-19(25)21-12-11-18-22-16-9-7-8-10-17(16)23(18)13-20(26)24(14(2)3)15(4)5/h7-10,14-15H,6,11-13H2,1-5H3,(H,21,25). The first-order valence-electron chi connectivity index (χ1n) is 9.37. The highest BCUT2D eigenvalue weighted by Crippen LogP contribution is 2.18. The van der Waals surface area contributed by atoms with Crippen LogP contribution in [0.5, 0.6) is 0 Å². The number of hydrogen-bond acceptors (Lipinski definition) is 3. The Morgan fingerprint density at radius 1 is 1.15 bits per heavy atom. The topological polar surface area (TPSA) is 67.2 Å². The summed E-state index contributed by atoms with van der Waals surface area (Å²) in [7, 11) is 0. The van der Waals surface area contributed by atoms with Gasteiger partial charge in [-0.2, -0.15) is 0 Å². The molecule has 0 saturated heterocycles. The van der Waals surface area contributed by atoms with E-state index >= 15 is 0 Å². The molecule has 2 amide bonds. The van der Waals surface area contributed by atoms with Crippen molar-refractivity contribution in [3.8, 4) is 0 Å². The van der Waals surface area contributed by atoms with Gasteiger partial charge in [-0.15, -0.1) is 0 Å². The Bertz CT molecular complexity index is 756. The van der Waals surface area contributed by atoms with Crippen LogP contribution in [0.15, 0.2) is 24.3 Å². The highest BCUT2D eigenvalue weighted by Gasteiger charge is 2.22. The van der Waals surface area contributed by atoms with Crippen LogP contribution in [0.25, 0.3) is 11.0 Å². The number of benzene rings is 1. The number of amides is 2. The van der Waals surface area contributed by atoms with Gasteiger partial charge in [0.1, 0.15) is 12.4 Å². The fraction of sp³-hybridized carbons (Fsp3) is 0.550. The van der Waals surface area contributed by atoms with E-state index in [1.807, 2.05) is 68.4 Å². The molecule has 0 aliphatic rings. The van der Waals surface area contributed by atoms with Crippen molar-refractivity contribution in [3.63, 3.8) is 0 Å². The molecule has 1 N–H and O–H groups in total. The van der Waals surface area contributed by atoms with E-state index in [0.717, 1.165) is 16.9 Å². The van der Waals surface area contributed by atoms with Crippen LogP contribution in [0, 0.1) is 0 Å². The maximum absolute atomic E-state index is 12.9. The van der Waals surface area contributed by atoms with Gasteiger partial charge < -0.3 is 14.8 Å². The molecule has 1 aromatic carbocycles. The van der Waals surface area contributed by atoms with Gasteiger partial charge in [0.2, 0.25) is 11.8 Å². The van der Waals surface area contributed by atoms with E-state index in [2.05, 4.69) is 10.3 Å². The first kappa shape index (κ1) is 19.9. The fourth-order valence-corrected chi connectivity index (χ4v) is 3.32. The quantitative estimate of drug-likeness (QED) is 0.789. The van der Waals surface area contributed by atoms with Gasteiger partial charge in [0.25, 0.3) is 0 Å². The number of carbonyl (C=O) groups excluding carboxylic acids is 2. The minimum atomic E-state index is 0.0227. The van der Waals surface area contributed by atoms with Gasteiger partial charge in [-0.3, -0.25) is 9.59 Å². The second-order valence-electron chi connectivity index (χ2n) is 7.04. The number of nitrogens with one attached hydrogen (secondary N) is 1. The predicted octanol–water partition coefficient (Wildman–Crippen LogP) is 2.75. The second-order valence-corrected chi connectivity index (χ2v) is 7.04. The van der Waals surface area contributed by atoms with Crippen molar-refractivity contribution in [2.24, 2.45) is 0 Å². The Balaban J connectivity index is 2.27. The molecule has 0 bridgehead atoms. The molecule has 0 spiro atoms. The van der Waals surface area contributed by atoms with E-state index in [1.54, 1.807) is 0 Å². The van der Waals surface area contributed by atoms with Crippen LogP contribution in [-0.4, -0.2) is 44.9 Å². The molecular weight excluding hydrogens is 328 g/mol. The van der Waals surface area contributed by atoms with Crippen LogP contribution in [0.2, 0.25) is 0 Å². The average molecular weight is 358 g/mol. The van der Waals surface area contributed by atoms with Crippen molar-refractivity contribution in [2.45, 2.75) is 66.1 Å². The lowest BCUT2D eigenvalue weighted by atomic mass is 10.2. The lowest BCUT2D eigenvalue weighted by molar-refractivity contribution is -0.135. The van der Waals surface area contributed by atoms with Crippen molar-refractivity contribution in [1.82, 2.24) is 19.8 Å². The predicted molar refractivity (Wildman–Crippen MR) is 104 cm³/mol. The molecule has 142 valence electrons. The second kappa shape index (κ2) is 8.83. The van der Waals surface area contributed by atoms with E-state index in [0.29, 0.717) is 19.4 Å². The van der Waals surface area contributed by atoms with Crippen molar-refractivity contribution in [2.75, 3.05) is 6.54 Å². The smallest absolute Gasteiger partial charge is 0.243 e. The van der Waals surface area contributed by atoms with Gasteiger partial charge in [0.15, 0.2) is 0 Å². The normalized spacial score (nSPS) is 11.3. The summed E-state index contributed by atoms with van der Waals surface area (Å²) in [6.07, 6.45) is 1.06. The highest BCUT2D eigenvalue weighted by molar-refractivity contribution is 5.81. The van der Waals surface area contributed by atoms with Crippen molar-refractivity contribution < 1.29 is 9.59 Å². The van der Waals surface area contributed by atoms with Crippen LogP contribution in [0.4, 0.5) is 0 Å². The summed E-state index contributed by atoms with van der Waals surface area (Å²) in [5, 5.41) is 2.88. The third-order valence-corrected chi connectivity index (χ3v) is 4.42. The monoisotopic (exact) mass is 358 g/mol. The maximum Gasteiger partial charge on any atom is 0.243 e. The summed E-state index contributed by atoms with van der Waals surface area (Å²) < 4.78 is 1.98. The molecule has 26 heavy (non-hydrogen) atoms. The summed E-state index contributed by atoms with van der Waals surface area (Å²) in [6, 6.07) is 8.12. The van der Waals surface area contributed by atoms with E-state index in [-0.39, 0.29) is 30.4 Å². The lowest BCUT2D eigenvalue weighted by Gasteiger charge is -2.31. The molecule has 0 aliphatic heterocycles. The molecule has 6 nitrogen and oxygen atoms in total. The van der Waals surface area contributed by atoms with Crippen LogP contribution in [0.3, 0.4) is 0 Å². The van der Waals surface area contributed by atoms with Gasteiger partial charge >= 0.3 is 0 Å². The molecule has 2 rings (SSSR count). The largest absolute Gasteiger partial charge is 0.356 e. The molecule has 0 aliphatic carbocycles. The molecule has 0 radical (unpaired) electrons. The SMILES string of the molecule is CCC(=O)NCCc1nc2ccccc2n1CC(=O)N(C(C)C)C(C)C. The zero-order valence-corrected chi connectivity index (χ0v) is 16.5. The molecule has 1 heterocycles. The third kappa shape index (κ3) is 4.62. The average Bonchev–Trinajstić information content (AvgIpc) is 2.91. The Kier molecular flexibility index (Phi) is 6.77. The number of rotatable bonds is 8. The number of carbonyl (C=O) groups is 2. The first-order chi connectivity index (χ1) is 12.3. The summed E-state index contributed by atoms with van der Waals surface area (Å²) in [5.41, 5.74) is 1.82. The van der Waals surface area contributed by atoms with Crippen LogP contribution in [-0.2, 0) is 22.6 Å². The van der Waals surface area contributed by atoms with E-state index in [4.69, 9.17) is 0 Å².